The maximum atomic E-state index is 8.91. The molecule has 1 saturated heterocycles. The molecule has 1 fully saturated rings. The van der Waals surface area contributed by atoms with E-state index < -0.39 is 0 Å². The Hall–Kier alpha value is -2.36. The molecule has 3 aromatic rings. The van der Waals surface area contributed by atoms with E-state index in [2.05, 4.69) is 26.9 Å². The second-order valence-electron chi connectivity index (χ2n) is 5.58. The molecular formula is C17H14ClN5S. The highest BCUT2D eigenvalue weighted by molar-refractivity contribution is 7.22. The van der Waals surface area contributed by atoms with Crippen LogP contribution in [0.1, 0.15) is 5.56 Å². The molecule has 0 amide bonds. The monoisotopic (exact) mass is 355 g/mol. The first kappa shape index (κ1) is 15.2. The van der Waals surface area contributed by atoms with Crippen molar-refractivity contribution < 1.29 is 0 Å². The molecule has 120 valence electrons. The third-order valence-corrected chi connectivity index (χ3v) is 5.46. The largest absolute Gasteiger partial charge is 0.352 e. The lowest BCUT2D eigenvalue weighted by atomic mass is 10.2. The Morgan fingerprint density at radius 1 is 1.12 bits per heavy atom. The minimum absolute atomic E-state index is 0.483. The smallest absolute Gasteiger partial charge is 0.186 e. The Labute approximate surface area is 148 Å². The maximum Gasteiger partial charge on any atom is 0.186 e. The van der Waals surface area contributed by atoms with Gasteiger partial charge in [0.2, 0.25) is 0 Å². The molecule has 0 unspecified atom stereocenters. The van der Waals surface area contributed by atoms with E-state index in [1.165, 1.54) is 4.70 Å². The van der Waals surface area contributed by atoms with Gasteiger partial charge in [-0.2, -0.15) is 5.26 Å². The van der Waals surface area contributed by atoms with Crippen LogP contribution in [-0.2, 0) is 0 Å². The van der Waals surface area contributed by atoms with Gasteiger partial charge in [-0.1, -0.05) is 35.1 Å². The third-order valence-electron chi connectivity index (χ3n) is 4.08. The summed E-state index contributed by atoms with van der Waals surface area (Å²) in [7, 11) is 0. The maximum absolute atomic E-state index is 8.91. The van der Waals surface area contributed by atoms with Crippen molar-refractivity contribution >= 4 is 44.1 Å². The molecule has 0 bridgehead atoms. The number of rotatable bonds is 2. The average Bonchev–Trinajstić information content (AvgIpc) is 3.06. The molecule has 0 spiro atoms. The average molecular weight is 356 g/mol. The number of piperazine rings is 1. The van der Waals surface area contributed by atoms with E-state index >= 15 is 0 Å². The summed E-state index contributed by atoms with van der Waals surface area (Å²) >= 11 is 8.00. The van der Waals surface area contributed by atoms with Crippen molar-refractivity contribution in [1.29, 1.82) is 5.26 Å². The van der Waals surface area contributed by atoms with Crippen LogP contribution in [0, 0.1) is 11.3 Å². The molecule has 0 radical (unpaired) electrons. The van der Waals surface area contributed by atoms with E-state index in [9.17, 15) is 0 Å². The number of anilines is 2. The number of thiazole rings is 1. The summed E-state index contributed by atoms with van der Waals surface area (Å²) in [4.78, 5) is 13.5. The Kier molecular flexibility index (Phi) is 3.97. The molecule has 0 atom stereocenters. The zero-order valence-corrected chi connectivity index (χ0v) is 14.4. The van der Waals surface area contributed by atoms with Gasteiger partial charge in [-0.25, -0.2) is 9.97 Å². The zero-order chi connectivity index (χ0) is 16.5. The van der Waals surface area contributed by atoms with Gasteiger partial charge < -0.3 is 9.80 Å². The number of para-hydroxylation sites is 1. The van der Waals surface area contributed by atoms with Crippen LogP contribution >= 0.6 is 22.9 Å². The minimum Gasteiger partial charge on any atom is -0.352 e. The zero-order valence-electron chi connectivity index (χ0n) is 12.8. The summed E-state index contributed by atoms with van der Waals surface area (Å²) in [6, 6.07) is 11.9. The van der Waals surface area contributed by atoms with Gasteiger partial charge in [-0.3, -0.25) is 0 Å². The molecule has 0 saturated carbocycles. The lowest BCUT2D eigenvalue weighted by Crippen LogP contribution is -2.46. The molecular weight excluding hydrogens is 342 g/mol. The van der Waals surface area contributed by atoms with Crippen molar-refractivity contribution in [2.75, 3.05) is 36.0 Å². The van der Waals surface area contributed by atoms with E-state index in [4.69, 9.17) is 21.8 Å². The molecule has 1 aromatic carbocycles. The van der Waals surface area contributed by atoms with E-state index in [1.54, 1.807) is 23.6 Å². The van der Waals surface area contributed by atoms with Crippen LogP contribution in [0.2, 0.25) is 5.02 Å². The highest BCUT2D eigenvalue weighted by atomic mass is 35.5. The number of nitriles is 1. The van der Waals surface area contributed by atoms with Crippen LogP contribution in [0.3, 0.4) is 0 Å². The molecule has 0 aliphatic carbocycles. The third kappa shape index (κ3) is 2.77. The normalized spacial score (nSPS) is 14.8. The highest BCUT2D eigenvalue weighted by Crippen LogP contribution is 2.30. The van der Waals surface area contributed by atoms with Crippen LogP contribution < -0.4 is 9.80 Å². The fourth-order valence-corrected chi connectivity index (χ4v) is 4.13. The van der Waals surface area contributed by atoms with Crippen molar-refractivity contribution in [3.63, 3.8) is 0 Å². The first-order chi connectivity index (χ1) is 11.7. The predicted molar refractivity (Wildman–Crippen MR) is 98.0 cm³/mol. The van der Waals surface area contributed by atoms with E-state index in [1.807, 2.05) is 18.2 Å². The van der Waals surface area contributed by atoms with Crippen molar-refractivity contribution in [1.82, 2.24) is 9.97 Å². The Bertz CT molecular complexity index is 891. The molecule has 24 heavy (non-hydrogen) atoms. The number of hydrogen-bond donors (Lipinski definition) is 0. The second kappa shape index (κ2) is 6.27. The SMILES string of the molecule is N#Cc1cnc(N2CCN(c3nc4ccccc4s3)CC2)c(Cl)c1. The molecule has 7 heteroatoms. The number of hydrogen-bond acceptors (Lipinski definition) is 6. The van der Waals surface area contributed by atoms with E-state index in [-0.39, 0.29) is 0 Å². The molecule has 1 aliphatic rings. The van der Waals surface area contributed by atoms with Crippen molar-refractivity contribution in [2.24, 2.45) is 0 Å². The summed E-state index contributed by atoms with van der Waals surface area (Å²) < 4.78 is 1.21. The van der Waals surface area contributed by atoms with Crippen LogP contribution in [0.4, 0.5) is 10.9 Å². The fraction of sp³-hybridized carbons (Fsp3) is 0.235. The molecule has 2 aromatic heterocycles. The quantitative estimate of drug-likeness (QED) is 0.703. The van der Waals surface area contributed by atoms with Crippen LogP contribution in [-0.4, -0.2) is 36.1 Å². The Balaban J connectivity index is 1.49. The number of nitrogens with zero attached hydrogens (tertiary/aromatic N) is 5. The van der Waals surface area contributed by atoms with E-state index in [0.29, 0.717) is 10.6 Å². The summed E-state index contributed by atoms with van der Waals surface area (Å²) in [5, 5.41) is 10.5. The number of benzene rings is 1. The first-order valence-corrected chi connectivity index (χ1v) is 8.85. The van der Waals surface area contributed by atoms with Crippen LogP contribution in [0.15, 0.2) is 36.5 Å². The molecule has 3 heterocycles. The molecule has 1 aliphatic heterocycles. The molecule has 0 N–H and O–H groups in total. The number of pyridine rings is 1. The second-order valence-corrected chi connectivity index (χ2v) is 7.00. The fourth-order valence-electron chi connectivity index (χ4n) is 2.83. The van der Waals surface area contributed by atoms with E-state index in [0.717, 1.165) is 42.6 Å². The van der Waals surface area contributed by atoms with Gasteiger partial charge >= 0.3 is 0 Å². The van der Waals surface area contributed by atoms with Gasteiger partial charge in [0.25, 0.3) is 0 Å². The number of fused-ring (bicyclic) bond motifs is 1. The summed E-state index contributed by atoms with van der Waals surface area (Å²) in [5.41, 5.74) is 1.54. The van der Waals surface area contributed by atoms with Gasteiger partial charge in [-0.15, -0.1) is 0 Å². The predicted octanol–water partition coefficient (Wildman–Crippen LogP) is 3.54. The van der Waals surface area contributed by atoms with Gasteiger partial charge in [0, 0.05) is 32.4 Å². The molecule has 4 rings (SSSR count). The Morgan fingerprint density at radius 2 is 1.88 bits per heavy atom. The lowest BCUT2D eigenvalue weighted by Gasteiger charge is -2.35. The van der Waals surface area contributed by atoms with Gasteiger partial charge in [0.15, 0.2) is 5.13 Å². The van der Waals surface area contributed by atoms with Crippen LogP contribution in [0.25, 0.3) is 10.2 Å². The number of aromatic nitrogens is 2. The van der Waals surface area contributed by atoms with Crippen LogP contribution in [0.5, 0.6) is 0 Å². The summed E-state index contributed by atoms with van der Waals surface area (Å²) in [6.07, 6.45) is 1.57. The highest BCUT2D eigenvalue weighted by Gasteiger charge is 2.22. The first-order valence-electron chi connectivity index (χ1n) is 7.66. The lowest BCUT2D eigenvalue weighted by molar-refractivity contribution is 0.646. The summed E-state index contributed by atoms with van der Waals surface area (Å²) in [6.45, 7) is 3.40. The van der Waals surface area contributed by atoms with Gasteiger partial charge in [0.05, 0.1) is 20.8 Å². The minimum atomic E-state index is 0.483. The van der Waals surface area contributed by atoms with Crippen molar-refractivity contribution in [2.45, 2.75) is 0 Å². The van der Waals surface area contributed by atoms with Crippen molar-refractivity contribution in [3.05, 3.63) is 47.1 Å². The molecule has 5 nitrogen and oxygen atoms in total. The topological polar surface area (TPSA) is 56.1 Å². The van der Waals surface area contributed by atoms with Crippen molar-refractivity contribution in [3.8, 4) is 6.07 Å². The Morgan fingerprint density at radius 3 is 2.58 bits per heavy atom. The number of halogens is 1. The van der Waals surface area contributed by atoms with Gasteiger partial charge in [0.1, 0.15) is 11.9 Å². The van der Waals surface area contributed by atoms with Gasteiger partial charge in [-0.05, 0) is 18.2 Å². The summed E-state index contributed by atoms with van der Waals surface area (Å²) in [5.74, 6) is 0.750. The standard InChI is InChI=1S/C17H14ClN5S/c18-13-9-12(10-19)11-20-16(13)22-5-7-23(8-6-22)17-21-14-3-1-2-4-15(14)24-17/h1-4,9,11H,5-8H2.